The lowest BCUT2D eigenvalue weighted by molar-refractivity contribution is -0.120. The van der Waals surface area contributed by atoms with Crippen LogP contribution >= 0.6 is 0 Å². The lowest BCUT2D eigenvalue weighted by Gasteiger charge is -2.07. The fourth-order valence-corrected chi connectivity index (χ4v) is 1.00. The number of nitrogens with zero attached hydrogens (tertiary/aromatic N) is 3. The second kappa shape index (κ2) is 5.45. The topological polar surface area (TPSA) is 71.8 Å². The van der Waals surface area contributed by atoms with Crippen molar-refractivity contribution >= 4 is 5.91 Å². The molecule has 1 aromatic heterocycles. The van der Waals surface area contributed by atoms with E-state index < -0.39 is 0 Å². The molecule has 1 rings (SSSR count). The minimum absolute atomic E-state index is 0.0452. The lowest BCUT2D eigenvalue weighted by atomic mass is 10.4. The van der Waals surface area contributed by atoms with Crippen molar-refractivity contribution in [2.45, 2.75) is 26.4 Å². The Labute approximate surface area is 89.1 Å². The highest BCUT2D eigenvalue weighted by atomic mass is 16.1. The first-order valence-electron chi connectivity index (χ1n) is 4.92. The van der Waals surface area contributed by atoms with Crippen LogP contribution in [-0.4, -0.2) is 33.3 Å². The molecule has 0 bridgehead atoms. The molecular formula is C9H17N5O. The molecule has 0 spiro atoms. The third-order valence-electron chi connectivity index (χ3n) is 1.76. The van der Waals surface area contributed by atoms with E-state index in [9.17, 15) is 4.79 Å². The van der Waals surface area contributed by atoms with Gasteiger partial charge in [0.2, 0.25) is 5.91 Å². The molecule has 2 N–H and O–H groups in total. The number of aromatic nitrogens is 3. The maximum Gasteiger partial charge on any atom is 0.234 e. The van der Waals surface area contributed by atoms with Gasteiger partial charge in [-0.2, -0.15) is 5.10 Å². The first-order chi connectivity index (χ1) is 7.08. The first-order valence-corrected chi connectivity index (χ1v) is 4.92. The minimum atomic E-state index is -0.0452. The van der Waals surface area contributed by atoms with Crippen molar-refractivity contribution in [3.63, 3.8) is 0 Å². The van der Waals surface area contributed by atoms with Gasteiger partial charge in [-0.3, -0.25) is 9.48 Å². The number of hydrogen-bond acceptors (Lipinski definition) is 4. The van der Waals surface area contributed by atoms with Crippen LogP contribution in [0.5, 0.6) is 0 Å². The van der Waals surface area contributed by atoms with E-state index in [0.29, 0.717) is 25.0 Å². The van der Waals surface area contributed by atoms with E-state index in [2.05, 4.69) is 20.7 Å². The van der Waals surface area contributed by atoms with Gasteiger partial charge in [0.05, 0.1) is 13.1 Å². The van der Waals surface area contributed by atoms with Crippen molar-refractivity contribution in [1.82, 2.24) is 25.4 Å². The van der Waals surface area contributed by atoms with Crippen LogP contribution in [0.4, 0.5) is 0 Å². The Hall–Kier alpha value is -1.43. The summed E-state index contributed by atoms with van der Waals surface area (Å²) in [5.74, 6) is 0.576. The number of amides is 1. The van der Waals surface area contributed by atoms with Crippen LogP contribution in [-0.2, 0) is 18.4 Å². The molecule has 15 heavy (non-hydrogen) atoms. The van der Waals surface area contributed by atoms with Crippen LogP contribution in [0, 0.1) is 0 Å². The standard InChI is InChI=1S/C9H17N5O/c1-7(2)10-5-9(15)11-4-8-12-6-14(3)13-8/h6-7,10H,4-5H2,1-3H3,(H,11,15). The van der Waals surface area contributed by atoms with Crippen LogP contribution in [0.15, 0.2) is 6.33 Å². The largest absolute Gasteiger partial charge is 0.348 e. The summed E-state index contributed by atoms with van der Waals surface area (Å²) in [7, 11) is 1.79. The Morgan fingerprint density at radius 1 is 1.60 bits per heavy atom. The van der Waals surface area contributed by atoms with Crippen LogP contribution < -0.4 is 10.6 Å². The molecule has 0 saturated carbocycles. The van der Waals surface area contributed by atoms with Crippen LogP contribution in [0.25, 0.3) is 0 Å². The number of aryl methyl sites for hydroxylation is 1. The van der Waals surface area contributed by atoms with Crippen molar-refractivity contribution in [3.05, 3.63) is 12.2 Å². The molecule has 6 heteroatoms. The smallest absolute Gasteiger partial charge is 0.234 e. The SMILES string of the molecule is CC(C)NCC(=O)NCc1ncn(C)n1. The van der Waals surface area contributed by atoms with Crippen molar-refractivity contribution in [1.29, 1.82) is 0 Å². The van der Waals surface area contributed by atoms with Gasteiger partial charge in [0, 0.05) is 13.1 Å². The van der Waals surface area contributed by atoms with Crippen LogP contribution in [0.3, 0.4) is 0 Å². The van der Waals surface area contributed by atoms with E-state index in [-0.39, 0.29) is 5.91 Å². The average Bonchev–Trinajstić information content (AvgIpc) is 2.58. The number of rotatable bonds is 5. The lowest BCUT2D eigenvalue weighted by Crippen LogP contribution is -2.36. The molecule has 0 radical (unpaired) electrons. The molecule has 6 nitrogen and oxygen atoms in total. The molecule has 1 amide bonds. The van der Waals surface area contributed by atoms with Gasteiger partial charge in [-0.1, -0.05) is 13.8 Å². The van der Waals surface area contributed by atoms with Crippen LogP contribution in [0.2, 0.25) is 0 Å². The number of hydrogen-bond donors (Lipinski definition) is 2. The highest BCUT2D eigenvalue weighted by molar-refractivity contribution is 5.77. The normalized spacial score (nSPS) is 10.7. The third-order valence-corrected chi connectivity index (χ3v) is 1.76. The molecule has 84 valence electrons. The highest BCUT2D eigenvalue weighted by Gasteiger charge is 2.03. The maximum atomic E-state index is 11.3. The van der Waals surface area contributed by atoms with Crippen molar-refractivity contribution < 1.29 is 4.79 Å². The molecule has 0 aliphatic carbocycles. The Kier molecular flexibility index (Phi) is 4.23. The van der Waals surface area contributed by atoms with E-state index >= 15 is 0 Å². The first kappa shape index (κ1) is 11.6. The van der Waals surface area contributed by atoms with E-state index in [0.717, 1.165) is 0 Å². The molecule has 0 unspecified atom stereocenters. The summed E-state index contributed by atoms with van der Waals surface area (Å²) in [6.07, 6.45) is 1.61. The van der Waals surface area contributed by atoms with Gasteiger partial charge in [-0.25, -0.2) is 4.98 Å². The molecule has 0 aliphatic heterocycles. The second-order valence-electron chi connectivity index (χ2n) is 3.65. The Bertz CT molecular complexity index is 320. The quantitative estimate of drug-likeness (QED) is 0.684. The van der Waals surface area contributed by atoms with Gasteiger partial charge in [0.15, 0.2) is 5.82 Å². The van der Waals surface area contributed by atoms with E-state index in [1.54, 1.807) is 18.1 Å². The van der Waals surface area contributed by atoms with Gasteiger partial charge >= 0.3 is 0 Å². The number of carbonyl (C=O) groups is 1. The summed E-state index contributed by atoms with van der Waals surface area (Å²) in [5.41, 5.74) is 0. The van der Waals surface area contributed by atoms with Gasteiger partial charge < -0.3 is 10.6 Å². The minimum Gasteiger partial charge on any atom is -0.348 e. The van der Waals surface area contributed by atoms with Crippen molar-refractivity contribution in [3.8, 4) is 0 Å². The Balaban J connectivity index is 2.22. The summed E-state index contributed by atoms with van der Waals surface area (Å²) >= 11 is 0. The number of carbonyl (C=O) groups excluding carboxylic acids is 1. The Morgan fingerprint density at radius 2 is 2.33 bits per heavy atom. The molecule has 0 aromatic carbocycles. The molecule has 0 fully saturated rings. The summed E-state index contributed by atoms with van der Waals surface area (Å²) in [4.78, 5) is 15.3. The second-order valence-corrected chi connectivity index (χ2v) is 3.65. The van der Waals surface area contributed by atoms with Crippen LogP contribution in [0.1, 0.15) is 19.7 Å². The van der Waals surface area contributed by atoms with Crippen molar-refractivity contribution in [2.75, 3.05) is 6.54 Å². The predicted octanol–water partition coefficient (Wildman–Crippen LogP) is -0.571. The molecule has 1 heterocycles. The van der Waals surface area contributed by atoms with Crippen molar-refractivity contribution in [2.24, 2.45) is 7.05 Å². The van der Waals surface area contributed by atoms with E-state index in [1.165, 1.54) is 0 Å². The fourth-order valence-electron chi connectivity index (χ4n) is 1.00. The molecule has 0 saturated heterocycles. The average molecular weight is 211 g/mol. The van der Waals surface area contributed by atoms with Gasteiger partial charge in [0.1, 0.15) is 6.33 Å². The Morgan fingerprint density at radius 3 is 2.87 bits per heavy atom. The zero-order valence-electron chi connectivity index (χ0n) is 9.32. The molecule has 0 atom stereocenters. The zero-order valence-corrected chi connectivity index (χ0v) is 9.32. The highest BCUT2D eigenvalue weighted by Crippen LogP contribution is 1.86. The van der Waals surface area contributed by atoms with Gasteiger partial charge in [-0.05, 0) is 0 Å². The molecule has 0 aliphatic rings. The van der Waals surface area contributed by atoms with E-state index in [4.69, 9.17) is 0 Å². The van der Waals surface area contributed by atoms with Gasteiger partial charge in [-0.15, -0.1) is 0 Å². The zero-order chi connectivity index (χ0) is 11.3. The molecule has 1 aromatic rings. The third kappa shape index (κ3) is 4.55. The monoisotopic (exact) mass is 211 g/mol. The van der Waals surface area contributed by atoms with E-state index in [1.807, 2.05) is 13.8 Å². The summed E-state index contributed by atoms with van der Waals surface area (Å²) in [5, 5.41) is 9.80. The number of nitrogens with one attached hydrogen (secondary N) is 2. The summed E-state index contributed by atoms with van der Waals surface area (Å²) in [6.45, 7) is 4.69. The maximum absolute atomic E-state index is 11.3. The fraction of sp³-hybridized carbons (Fsp3) is 0.667. The molecular weight excluding hydrogens is 194 g/mol. The summed E-state index contributed by atoms with van der Waals surface area (Å²) in [6, 6.07) is 0.309. The van der Waals surface area contributed by atoms with Gasteiger partial charge in [0.25, 0.3) is 0 Å². The predicted molar refractivity (Wildman–Crippen MR) is 56.0 cm³/mol. The summed E-state index contributed by atoms with van der Waals surface area (Å²) < 4.78 is 1.61.